The maximum absolute atomic E-state index is 14.3. The highest BCUT2D eigenvalue weighted by Gasteiger charge is 2.13. The number of halogens is 2. The summed E-state index contributed by atoms with van der Waals surface area (Å²) in [5.74, 6) is 0.310. The van der Waals surface area contributed by atoms with Crippen LogP contribution in [0.2, 0.25) is 5.02 Å². The fourth-order valence-electron chi connectivity index (χ4n) is 2.30. The summed E-state index contributed by atoms with van der Waals surface area (Å²) in [5, 5.41) is 22.4. The second kappa shape index (κ2) is 7.76. The number of pyridine rings is 1. The third-order valence-electron chi connectivity index (χ3n) is 3.58. The van der Waals surface area contributed by atoms with Crippen molar-refractivity contribution >= 4 is 40.8 Å². The lowest BCUT2D eigenvalue weighted by molar-refractivity contribution is 0.631. The zero-order valence-electron chi connectivity index (χ0n) is 14.1. The van der Waals surface area contributed by atoms with Crippen molar-refractivity contribution < 1.29 is 4.39 Å². The highest BCUT2D eigenvalue weighted by atomic mass is 35.5. The topological polar surface area (TPSA) is 110 Å². The molecule has 3 aromatic rings. The molecule has 9 heteroatoms. The highest BCUT2D eigenvalue weighted by molar-refractivity contribution is 6.33. The van der Waals surface area contributed by atoms with Crippen LogP contribution >= 0.6 is 11.6 Å². The summed E-state index contributed by atoms with van der Waals surface area (Å²) >= 11 is 6.09. The van der Waals surface area contributed by atoms with Gasteiger partial charge in [0.1, 0.15) is 23.8 Å². The smallest absolute Gasteiger partial charge is 0.149 e. The molecule has 7 nitrogen and oxygen atoms in total. The summed E-state index contributed by atoms with van der Waals surface area (Å²) in [6.07, 6.45) is 3.97. The van der Waals surface area contributed by atoms with E-state index < -0.39 is 5.82 Å². The first kappa shape index (κ1) is 18.2. The Morgan fingerprint density at radius 2 is 1.93 bits per heavy atom. The SMILES string of the molecule is Cc1cc(Nc2cc(Nc3c(F)cc(C#N)cc3Cl)c(C=N)cn2)ncn1. The monoisotopic (exact) mass is 381 g/mol. The molecule has 0 bridgehead atoms. The zero-order valence-corrected chi connectivity index (χ0v) is 14.8. The molecule has 3 rings (SSSR count). The number of hydrogen-bond donors (Lipinski definition) is 3. The summed E-state index contributed by atoms with van der Waals surface area (Å²) in [7, 11) is 0. The lowest BCUT2D eigenvalue weighted by Crippen LogP contribution is -2.03. The number of nitriles is 1. The Balaban J connectivity index is 1.95. The van der Waals surface area contributed by atoms with Crippen LogP contribution in [0.1, 0.15) is 16.8 Å². The van der Waals surface area contributed by atoms with Gasteiger partial charge in [0.25, 0.3) is 0 Å². The van der Waals surface area contributed by atoms with Gasteiger partial charge in [-0.1, -0.05) is 11.6 Å². The summed E-state index contributed by atoms with van der Waals surface area (Å²) in [6.45, 7) is 1.83. The quantitative estimate of drug-likeness (QED) is 0.567. The van der Waals surface area contributed by atoms with Gasteiger partial charge in [0.05, 0.1) is 28.0 Å². The van der Waals surface area contributed by atoms with Gasteiger partial charge in [-0.15, -0.1) is 0 Å². The van der Waals surface area contributed by atoms with Gasteiger partial charge in [0, 0.05) is 35.8 Å². The second-order valence-electron chi connectivity index (χ2n) is 5.52. The van der Waals surface area contributed by atoms with Crippen LogP contribution < -0.4 is 10.6 Å². The lowest BCUT2D eigenvalue weighted by Gasteiger charge is -2.14. The van der Waals surface area contributed by atoms with Crippen LogP contribution in [-0.4, -0.2) is 21.2 Å². The van der Waals surface area contributed by atoms with Crippen LogP contribution in [-0.2, 0) is 0 Å². The number of anilines is 4. The Hall–Kier alpha value is -3.57. The Kier molecular flexibility index (Phi) is 5.24. The second-order valence-corrected chi connectivity index (χ2v) is 5.93. The average Bonchev–Trinajstić information content (AvgIpc) is 2.64. The lowest BCUT2D eigenvalue weighted by atomic mass is 10.2. The molecule has 27 heavy (non-hydrogen) atoms. The fourth-order valence-corrected chi connectivity index (χ4v) is 2.56. The van der Waals surface area contributed by atoms with E-state index in [0.717, 1.165) is 18.0 Å². The van der Waals surface area contributed by atoms with Crippen molar-refractivity contribution in [2.75, 3.05) is 10.6 Å². The standard InChI is InChI=1S/C18H13ClFN7/c1-10-2-16(25-9-24-10)27-17-5-15(12(7-22)8-23-17)26-18-13(19)3-11(6-21)4-14(18)20/h2-5,7-9,22H,1H3,(H2,23,24,25,26,27). The van der Waals surface area contributed by atoms with E-state index in [1.165, 1.54) is 18.6 Å². The molecule has 0 atom stereocenters. The molecule has 0 saturated carbocycles. The highest BCUT2D eigenvalue weighted by Crippen LogP contribution is 2.31. The molecular formula is C18H13ClFN7. The van der Waals surface area contributed by atoms with Crippen LogP contribution in [0.25, 0.3) is 0 Å². The molecule has 134 valence electrons. The van der Waals surface area contributed by atoms with E-state index in [1.807, 2.05) is 13.0 Å². The maximum atomic E-state index is 14.3. The fraction of sp³-hybridized carbons (Fsp3) is 0.0556. The molecule has 0 fully saturated rings. The molecule has 0 aliphatic carbocycles. The van der Waals surface area contributed by atoms with Crippen molar-refractivity contribution in [3.63, 3.8) is 0 Å². The number of aryl methyl sites for hydroxylation is 1. The van der Waals surface area contributed by atoms with E-state index in [-0.39, 0.29) is 16.3 Å². The first-order chi connectivity index (χ1) is 13.0. The summed E-state index contributed by atoms with van der Waals surface area (Å²) in [5.41, 5.74) is 1.76. The van der Waals surface area contributed by atoms with Crippen LogP contribution in [0.4, 0.5) is 27.4 Å². The number of benzene rings is 1. The van der Waals surface area contributed by atoms with Gasteiger partial charge < -0.3 is 16.0 Å². The number of nitrogens with one attached hydrogen (secondary N) is 3. The Morgan fingerprint density at radius 1 is 1.15 bits per heavy atom. The van der Waals surface area contributed by atoms with E-state index in [4.69, 9.17) is 22.3 Å². The molecule has 0 aliphatic rings. The van der Waals surface area contributed by atoms with Crippen molar-refractivity contribution in [2.45, 2.75) is 6.92 Å². The van der Waals surface area contributed by atoms with E-state index in [9.17, 15) is 4.39 Å². The summed E-state index contributed by atoms with van der Waals surface area (Å²) in [4.78, 5) is 12.3. The van der Waals surface area contributed by atoms with E-state index in [1.54, 1.807) is 12.1 Å². The van der Waals surface area contributed by atoms with Gasteiger partial charge in [0.15, 0.2) is 0 Å². The summed E-state index contributed by atoms with van der Waals surface area (Å²) in [6, 6.07) is 7.64. The van der Waals surface area contributed by atoms with E-state index in [0.29, 0.717) is 22.9 Å². The molecule has 0 unspecified atom stereocenters. The molecule has 0 aliphatic heterocycles. The molecule has 2 heterocycles. The number of nitrogens with zero attached hydrogens (tertiary/aromatic N) is 4. The molecule has 1 aromatic carbocycles. The number of aromatic nitrogens is 3. The molecule has 3 N–H and O–H groups in total. The minimum Gasteiger partial charge on any atom is -0.351 e. The molecule has 0 saturated heterocycles. The maximum Gasteiger partial charge on any atom is 0.149 e. The molecule has 0 radical (unpaired) electrons. The van der Waals surface area contributed by atoms with Crippen molar-refractivity contribution in [2.24, 2.45) is 0 Å². The zero-order chi connectivity index (χ0) is 19.4. The van der Waals surface area contributed by atoms with Gasteiger partial charge in [-0.2, -0.15) is 5.26 Å². The molecular weight excluding hydrogens is 369 g/mol. The molecule has 0 amide bonds. The first-order valence-electron chi connectivity index (χ1n) is 7.72. The van der Waals surface area contributed by atoms with Gasteiger partial charge >= 0.3 is 0 Å². The Morgan fingerprint density at radius 3 is 2.59 bits per heavy atom. The van der Waals surface area contributed by atoms with Crippen molar-refractivity contribution in [3.05, 3.63) is 64.5 Å². The normalized spacial score (nSPS) is 10.1. The Bertz CT molecular complexity index is 1040. The van der Waals surface area contributed by atoms with Crippen LogP contribution in [0, 0.1) is 29.5 Å². The average molecular weight is 382 g/mol. The van der Waals surface area contributed by atoms with Crippen LogP contribution in [0.15, 0.2) is 36.8 Å². The minimum absolute atomic E-state index is 0.00815. The predicted octanol–water partition coefficient (Wildman–Crippen LogP) is 4.33. The first-order valence-corrected chi connectivity index (χ1v) is 8.10. The van der Waals surface area contributed by atoms with Crippen LogP contribution in [0.3, 0.4) is 0 Å². The molecule has 2 aromatic heterocycles. The van der Waals surface area contributed by atoms with Gasteiger partial charge in [-0.3, -0.25) is 0 Å². The van der Waals surface area contributed by atoms with Crippen molar-refractivity contribution in [3.8, 4) is 6.07 Å². The van der Waals surface area contributed by atoms with Gasteiger partial charge in [0.2, 0.25) is 0 Å². The van der Waals surface area contributed by atoms with Crippen LogP contribution in [0.5, 0.6) is 0 Å². The Labute approximate surface area is 159 Å². The number of rotatable bonds is 5. The minimum atomic E-state index is -0.673. The third kappa shape index (κ3) is 4.16. The van der Waals surface area contributed by atoms with E-state index >= 15 is 0 Å². The summed E-state index contributed by atoms with van der Waals surface area (Å²) < 4.78 is 14.3. The van der Waals surface area contributed by atoms with Gasteiger partial charge in [-0.25, -0.2) is 19.3 Å². The third-order valence-corrected chi connectivity index (χ3v) is 3.88. The van der Waals surface area contributed by atoms with E-state index in [2.05, 4.69) is 25.6 Å². The van der Waals surface area contributed by atoms with Gasteiger partial charge in [-0.05, 0) is 19.1 Å². The number of hydrogen-bond acceptors (Lipinski definition) is 7. The van der Waals surface area contributed by atoms with Crippen molar-refractivity contribution in [1.29, 1.82) is 10.7 Å². The van der Waals surface area contributed by atoms with Crippen molar-refractivity contribution in [1.82, 2.24) is 15.0 Å². The largest absolute Gasteiger partial charge is 0.351 e. The predicted molar refractivity (Wildman–Crippen MR) is 102 cm³/mol. The molecule has 0 spiro atoms.